The van der Waals surface area contributed by atoms with E-state index < -0.39 is 0 Å². The van der Waals surface area contributed by atoms with Gasteiger partial charge in [0.2, 0.25) is 0 Å². The van der Waals surface area contributed by atoms with E-state index in [1.165, 1.54) is 24.2 Å². The number of rotatable bonds is 5. The van der Waals surface area contributed by atoms with E-state index >= 15 is 0 Å². The minimum absolute atomic E-state index is 0.577. The molecule has 1 aromatic heterocycles. The maximum absolute atomic E-state index is 4.40. The zero-order chi connectivity index (χ0) is 14.4. The molecule has 1 aliphatic rings. The van der Waals surface area contributed by atoms with Crippen molar-refractivity contribution in [1.82, 2.24) is 20.0 Å². The summed E-state index contributed by atoms with van der Waals surface area (Å²) in [5, 5.41) is 7.74. The van der Waals surface area contributed by atoms with E-state index in [1.807, 2.05) is 36.7 Å². The van der Waals surface area contributed by atoms with E-state index in [9.17, 15) is 0 Å². The molecule has 0 saturated carbocycles. The van der Waals surface area contributed by atoms with E-state index in [0.717, 1.165) is 25.6 Å². The quantitative estimate of drug-likeness (QED) is 0.508. The molecule has 0 aromatic carbocycles. The summed E-state index contributed by atoms with van der Waals surface area (Å²) in [4.78, 5) is 6.76. The largest absolute Gasteiger partial charge is 0.356 e. The third-order valence-electron chi connectivity index (χ3n) is 3.70. The number of hydrogen-bond acceptors (Lipinski definition) is 3. The van der Waals surface area contributed by atoms with Crippen LogP contribution in [0.3, 0.4) is 0 Å². The van der Waals surface area contributed by atoms with Crippen LogP contribution in [0, 0.1) is 0 Å². The van der Waals surface area contributed by atoms with Gasteiger partial charge in [0, 0.05) is 45.8 Å². The molecule has 5 nitrogen and oxygen atoms in total. The number of thioether (sulfide) groups is 1. The summed E-state index contributed by atoms with van der Waals surface area (Å²) in [7, 11) is 3.84. The second kappa shape index (κ2) is 7.57. The molecule has 20 heavy (non-hydrogen) atoms. The van der Waals surface area contributed by atoms with Crippen LogP contribution < -0.4 is 5.32 Å². The summed E-state index contributed by atoms with van der Waals surface area (Å²) in [5.74, 6) is 2.81. The van der Waals surface area contributed by atoms with Crippen molar-refractivity contribution in [3.05, 3.63) is 18.0 Å². The Bertz CT molecular complexity index is 443. The number of aromatic nitrogens is 2. The first kappa shape index (κ1) is 15.2. The fourth-order valence-electron chi connectivity index (χ4n) is 2.62. The molecule has 112 valence electrons. The Labute approximate surface area is 125 Å². The van der Waals surface area contributed by atoms with Crippen LogP contribution in [0.25, 0.3) is 0 Å². The number of aryl methyl sites for hydroxylation is 1. The van der Waals surface area contributed by atoms with Gasteiger partial charge in [0.15, 0.2) is 5.96 Å². The van der Waals surface area contributed by atoms with Crippen LogP contribution >= 0.6 is 11.8 Å². The topological polar surface area (TPSA) is 45.5 Å². The van der Waals surface area contributed by atoms with Crippen molar-refractivity contribution in [3.63, 3.8) is 0 Å². The molecule has 1 N–H and O–H groups in total. The normalized spacial score (nSPS) is 19.6. The highest BCUT2D eigenvalue weighted by molar-refractivity contribution is 7.98. The standard InChI is InChI=1S/C14H25N5S/c1-15-14(16-6-4-8-20-3)19-7-5-12(11-19)13-9-17-18(2)10-13/h9-10,12H,4-8,11H2,1-3H3,(H,15,16). The minimum atomic E-state index is 0.577. The third-order valence-corrected chi connectivity index (χ3v) is 4.40. The third kappa shape index (κ3) is 3.91. The Balaban J connectivity index is 1.84. The molecule has 0 amide bonds. The predicted molar refractivity (Wildman–Crippen MR) is 86.5 cm³/mol. The van der Waals surface area contributed by atoms with E-state index in [-0.39, 0.29) is 0 Å². The first-order valence-electron chi connectivity index (χ1n) is 7.17. The molecule has 0 bridgehead atoms. The highest BCUT2D eigenvalue weighted by atomic mass is 32.2. The molecular formula is C14H25N5S. The smallest absolute Gasteiger partial charge is 0.193 e. The van der Waals surface area contributed by atoms with Crippen LogP contribution in [0.15, 0.2) is 17.4 Å². The van der Waals surface area contributed by atoms with Gasteiger partial charge in [0.25, 0.3) is 0 Å². The second-order valence-electron chi connectivity index (χ2n) is 5.20. The molecule has 1 atom stereocenters. The Kier molecular flexibility index (Phi) is 5.76. The predicted octanol–water partition coefficient (Wildman–Crippen LogP) is 1.54. The van der Waals surface area contributed by atoms with Gasteiger partial charge in [-0.15, -0.1) is 0 Å². The molecule has 1 unspecified atom stereocenters. The van der Waals surface area contributed by atoms with Crippen LogP contribution in [0.4, 0.5) is 0 Å². The molecule has 6 heteroatoms. The van der Waals surface area contributed by atoms with Gasteiger partial charge in [-0.25, -0.2) is 0 Å². The minimum Gasteiger partial charge on any atom is -0.356 e. The van der Waals surface area contributed by atoms with Crippen LogP contribution in [-0.2, 0) is 7.05 Å². The molecule has 1 fully saturated rings. The molecule has 0 radical (unpaired) electrons. The van der Waals surface area contributed by atoms with Crippen LogP contribution in [-0.4, -0.2) is 59.3 Å². The van der Waals surface area contributed by atoms with Gasteiger partial charge in [-0.05, 0) is 30.4 Å². The molecule has 0 spiro atoms. The first-order chi connectivity index (χ1) is 9.74. The number of nitrogens with one attached hydrogen (secondary N) is 1. The maximum Gasteiger partial charge on any atom is 0.193 e. The highest BCUT2D eigenvalue weighted by Crippen LogP contribution is 2.26. The average Bonchev–Trinajstić information content (AvgIpc) is 3.08. The van der Waals surface area contributed by atoms with Gasteiger partial charge in [0.05, 0.1) is 6.20 Å². The summed E-state index contributed by atoms with van der Waals surface area (Å²) < 4.78 is 1.88. The molecule has 1 aliphatic heterocycles. The van der Waals surface area contributed by atoms with Crippen molar-refractivity contribution in [3.8, 4) is 0 Å². The summed E-state index contributed by atoms with van der Waals surface area (Å²) in [6, 6.07) is 0. The Morgan fingerprint density at radius 2 is 2.45 bits per heavy atom. The lowest BCUT2D eigenvalue weighted by atomic mass is 10.0. The van der Waals surface area contributed by atoms with Gasteiger partial charge in [-0.3, -0.25) is 9.67 Å². The van der Waals surface area contributed by atoms with Crippen molar-refractivity contribution in [2.75, 3.05) is 38.7 Å². The highest BCUT2D eigenvalue weighted by Gasteiger charge is 2.26. The van der Waals surface area contributed by atoms with Gasteiger partial charge in [0.1, 0.15) is 0 Å². The average molecular weight is 295 g/mol. The lowest BCUT2D eigenvalue weighted by molar-refractivity contribution is 0.486. The second-order valence-corrected chi connectivity index (χ2v) is 6.18. The van der Waals surface area contributed by atoms with Gasteiger partial charge < -0.3 is 10.2 Å². The summed E-state index contributed by atoms with van der Waals surface area (Å²) in [5.41, 5.74) is 1.34. The molecular weight excluding hydrogens is 270 g/mol. The lowest BCUT2D eigenvalue weighted by Crippen LogP contribution is -2.40. The number of nitrogens with zero attached hydrogens (tertiary/aromatic N) is 4. The summed E-state index contributed by atoms with van der Waals surface area (Å²) >= 11 is 1.89. The molecule has 2 rings (SSSR count). The van der Waals surface area contributed by atoms with Gasteiger partial charge in [-0.1, -0.05) is 0 Å². The SMILES string of the molecule is CN=C(NCCCSC)N1CCC(c2cnn(C)c2)C1. The Hall–Kier alpha value is -1.17. The summed E-state index contributed by atoms with van der Waals surface area (Å²) in [6.07, 6.45) is 8.62. The zero-order valence-electron chi connectivity index (χ0n) is 12.7. The van der Waals surface area contributed by atoms with E-state index in [2.05, 4.69) is 32.8 Å². The van der Waals surface area contributed by atoms with E-state index in [4.69, 9.17) is 0 Å². The zero-order valence-corrected chi connectivity index (χ0v) is 13.5. The molecule has 1 saturated heterocycles. The lowest BCUT2D eigenvalue weighted by Gasteiger charge is -2.21. The molecule has 0 aliphatic carbocycles. The van der Waals surface area contributed by atoms with Crippen LogP contribution in [0.2, 0.25) is 0 Å². The number of hydrogen-bond donors (Lipinski definition) is 1. The molecule has 1 aromatic rings. The summed E-state index contributed by atoms with van der Waals surface area (Å²) in [6.45, 7) is 3.11. The van der Waals surface area contributed by atoms with Crippen molar-refractivity contribution in [2.24, 2.45) is 12.0 Å². The van der Waals surface area contributed by atoms with Gasteiger partial charge >= 0.3 is 0 Å². The molecule has 2 heterocycles. The van der Waals surface area contributed by atoms with Crippen molar-refractivity contribution < 1.29 is 0 Å². The monoisotopic (exact) mass is 295 g/mol. The van der Waals surface area contributed by atoms with Crippen molar-refractivity contribution in [1.29, 1.82) is 0 Å². The van der Waals surface area contributed by atoms with Gasteiger partial charge in [-0.2, -0.15) is 16.9 Å². The number of guanidine groups is 1. The fraction of sp³-hybridized carbons (Fsp3) is 0.714. The van der Waals surface area contributed by atoms with Crippen LogP contribution in [0.1, 0.15) is 24.3 Å². The number of aliphatic imine (C=N–C) groups is 1. The Morgan fingerprint density at radius 3 is 3.10 bits per heavy atom. The van der Waals surface area contributed by atoms with Crippen molar-refractivity contribution in [2.45, 2.75) is 18.8 Å². The van der Waals surface area contributed by atoms with E-state index in [1.54, 1.807) is 0 Å². The first-order valence-corrected chi connectivity index (χ1v) is 8.57. The van der Waals surface area contributed by atoms with E-state index in [0.29, 0.717) is 5.92 Å². The van der Waals surface area contributed by atoms with Crippen LogP contribution in [0.5, 0.6) is 0 Å². The number of likely N-dealkylation sites (tertiary alicyclic amines) is 1. The fourth-order valence-corrected chi connectivity index (χ4v) is 3.06. The Morgan fingerprint density at radius 1 is 1.60 bits per heavy atom. The van der Waals surface area contributed by atoms with Crippen molar-refractivity contribution >= 4 is 17.7 Å². The maximum atomic E-state index is 4.40.